The van der Waals surface area contributed by atoms with Crippen LogP contribution in [0.5, 0.6) is 0 Å². The molecular weight excluding hydrogens is 563 g/mol. The lowest BCUT2D eigenvalue weighted by Gasteiger charge is -2.29. The lowest BCUT2D eigenvalue weighted by atomic mass is 10.2. The molecule has 8 nitrogen and oxygen atoms in total. The highest BCUT2D eigenvalue weighted by Gasteiger charge is 2.24. The van der Waals surface area contributed by atoms with Crippen LogP contribution in [0.2, 0.25) is 5.02 Å². The summed E-state index contributed by atoms with van der Waals surface area (Å²) < 4.78 is 47.3. The van der Waals surface area contributed by atoms with Gasteiger partial charge in [-0.15, -0.1) is 0 Å². The quantitative estimate of drug-likeness (QED) is 0.305. The van der Waals surface area contributed by atoms with Crippen molar-refractivity contribution in [2.24, 2.45) is 0 Å². The van der Waals surface area contributed by atoms with Crippen LogP contribution in [0.25, 0.3) is 10.2 Å². The van der Waals surface area contributed by atoms with Crippen molar-refractivity contribution in [3.8, 4) is 0 Å². The Bertz CT molecular complexity index is 1590. The summed E-state index contributed by atoms with van der Waals surface area (Å²) >= 11 is 7.66. The number of halogens is 2. The van der Waals surface area contributed by atoms with Crippen LogP contribution in [0.15, 0.2) is 65.6 Å². The summed E-state index contributed by atoms with van der Waals surface area (Å²) in [5, 5.41) is 1.18. The van der Waals surface area contributed by atoms with E-state index in [0.29, 0.717) is 42.0 Å². The standard InChI is InChI=1S/C27H26ClFN4O4S2/c1-18-16-20(28)17-24-25(18)30-27(38-24)33(11-10-32-12-14-37-15-13-32)26(34)19-2-6-22(7-3-19)31-39(35,36)23-8-4-21(29)5-9-23/h2-9,16-17,31H,10-15H2,1H3. The Morgan fingerprint density at radius 2 is 1.82 bits per heavy atom. The van der Waals surface area contributed by atoms with E-state index in [4.69, 9.17) is 21.3 Å². The number of aromatic nitrogens is 1. The molecule has 0 aliphatic carbocycles. The van der Waals surface area contributed by atoms with E-state index in [1.165, 1.54) is 35.6 Å². The monoisotopic (exact) mass is 588 g/mol. The van der Waals surface area contributed by atoms with Crippen molar-refractivity contribution < 1.29 is 22.3 Å². The molecule has 0 atom stereocenters. The van der Waals surface area contributed by atoms with Crippen molar-refractivity contribution >= 4 is 59.9 Å². The number of benzene rings is 3. The van der Waals surface area contributed by atoms with Crippen LogP contribution in [0.4, 0.5) is 15.2 Å². The minimum Gasteiger partial charge on any atom is -0.379 e. The molecule has 0 spiro atoms. The van der Waals surface area contributed by atoms with Crippen molar-refractivity contribution in [3.63, 3.8) is 0 Å². The number of morpholine rings is 1. The van der Waals surface area contributed by atoms with E-state index in [1.54, 1.807) is 17.0 Å². The van der Waals surface area contributed by atoms with Crippen LogP contribution >= 0.6 is 22.9 Å². The van der Waals surface area contributed by atoms with E-state index < -0.39 is 15.8 Å². The molecule has 5 rings (SSSR count). The molecule has 1 aliphatic heterocycles. The summed E-state index contributed by atoms with van der Waals surface area (Å²) in [4.78, 5) is 22.4. The van der Waals surface area contributed by atoms with Gasteiger partial charge in [0.25, 0.3) is 15.9 Å². The highest BCUT2D eigenvalue weighted by Crippen LogP contribution is 2.34. The van der Waals surface area contributed by atoms with Gasteiger partial charge in [0.15, 0.2) is 5.13 Å². The topological polar surface area (TPSA) is 91.8 Å². The second kappa shape index (κ2) is 11.6. The number of nitrogens with one attached hydrogen (secondary N) is 1. The maximum atomic E-state index is 13.7. The first-order valence-corrected chi connectivity index (χ1v) is 14.9. The van der Waals surface area contributed by atoms with E-state index in [1.807, 2.05) is 19.1 Å². The van der Waals surface area contributed by atoms with Crippen LogP contribution in [-0.4, -0.2) is 63.6 Å². The molecule has 1 aliphatic rings. The summed E-state index contributed by atoms with van der Waals surface area (Å²) in [5.41, 5.74) is 2.39. The molecule has 3 aromatic carbocycles. The Kier molecular flexibility index (Phi) is 8.15. The molecule has 204 valence electrons. The average molecular weight is 589 g/mol. The van der Waals surface area contributed by atoms with Crippen molar-refractivity contribution in [1.29, 1.82) is 0 Å². The van der Waals surface area contributed by atoms with Crippen molar-refractivity contribution in [2.45, 2.75) is 11.8 Å². The van der Waals surface area contributed by atoms with Crippen LogP contribution < -0.4 is 9.62 Å². The fraction of sp³-hybridized carbons (Fsp3) is 0.259. The molecule has 2 heterocycles. The first-order chi connectivity index (χ1) is 18.7. The Morgan fingerprint density at radius 1 is 1.13 bits per heavy atom. The number of aryl methyl sites for hydroxylation is 1. The molecule has 0 saturated carbocycles. The predicted octanol–water partition coefficient (Wildman–Crippen LogP) is 5.18. The smallest absolute Gasteiger partial charge is 0.261 e. The van der Waals surface area contributed by atoms with E-state index in [-0.39, 0.29) is 16.5 Å². The fourth-order valence-corrected chi connectivity index (χ4v) is 6.78. The van der Waals surface area contributed by atoms with Crippen LogP contribution in [0.3, 0.4) is 0 Å². The number of hydrogen-bond acceptors (Lipinski definition) is 7. The number of rotatable bonds is 8. The number of fused-ring (bicyclic) bond motifs is 1. The normalized spacial score (nSPS) is 14.4. The van der Waals surface area contributed by atoms with Gasteiger partial charge in [-0.1, -0.05) is 22.9 Å². The fourth-order valence-electron chi connectivity index (χ4n) is 4.27. The zero-order valence-electron chi connectivity index (χ0n) is 21.1. The molecule has 12 heteroatoms. The lowest BCUT2D eigenvalue weighted by Crippen LogP contribution is -2.43. The molecule has 1 N–H and O–H groups in total. The van der Waals surface area contributed by atoms with Crippen LogP contribution in [0.1, 0.15) is 15.9 Å². The number of carbonyl (C=O) groups is 1. The van der Waals surface area contributed by atoms with Crippen molar-refractivity contribution in [2.75, 3.05) is 49.0 Å². The van der Waals surface area contributed by atoms with Gasteiger partial charge in [-0.2, -0.15) is 0 Å². The lowest BCUT2D eigenvalue weighted by molar-refractivity contribution is 0.0391. The Balaban J connectivity index is 1.39. The minimum absolute atomic E-state index is 0.0652. The summed E-state index contributed by atoms with van der Waals surface area (Å²) in [6.45, 7) is 5.90. The van der Waals surface area contributed by atoms with E-state index in [2.05, 4.69) is 9.62 Å². The molecular formula is C27H26ClFN4O4S2. The van der Waals surface area contributed by atoms with E-state index in [9.17, 15) is 17.6 Å². The predicted molar refractivity (Wildman–Crippen MR) is 152 cm³/mol. The summed E-state index contributed by atoms with van der Waals surface area (Å²) in [7, 11) is -3.91. The molecule has 0 radical (unpaired) electrons. The van der Waals surface area contributed by atoms with Gasteiger partial charge in [0.05, 0.1) is 28.3 Å². The molecule has 0 bridgehead atoms. The van der Waals surface area contributed by atoms with Crippen LogP contribution in [0, 0.1) is 12.7 Å². The maximum absolute atomic E-state index is 13.7. The van der Waals surface area contributed by atoms with Gasteiger partial charge in [0, 0.05) is 42.5 Å². The molecule has 1 saturated heterocycles. The molecule has 0 unspecified atom stereocenters. The zero-order valence-corrected chi connectivity index (χ0v) is 23.5. The SMILES string of the molecule is Cc1cc(Cl)cc2sc(N(CCN3CCOCC3)C(=O)c3ccc(NS(=O)(=O)c4ccc(F)cc4)cc3)nc12. The first-order valence-electron chi connectivity index (χ1n) is 12.3. The minimum atomic E-state index is -3.91. The number of amides is 1. The largest absolute Gasteiger partial charge is 0.379 e. The molecule has 1 fully saturated rings. The number of ether oxygens (including phenoxy) is 1. The second-order valence-corrected chi connectivity index (χ2v) is 12.2. The Labute approximate surface area is 235 Å². The zero-order chi connectivity index (χ0) is 27.6. The second-order valence-electron chi connectivity index (χ2n) is 9.11. The molecule has 1 aromatic heterocycles. The van der Waals surface area contributed by atoms with Gasteiger partial charge in [-0.25, -0.2) is 17.8 Å². The maximum Gasteiger partial charge on any atom is 0.261 e. The third-order valence-corrected chi connectivity index (χ3v) is 9.01. The summed E-state index contributed by atoms with van der Waals surface area (Å²) in [6, 6.07) is 14.4. The number of hydrogen-bond donors (Lipinski definition) is 1. The number of sulfonamides is 1. The number of nitrogens with zero attached hydrogens (tertiary/aromatic N) is 3. The third-order valence-electron chi connectivity index (χ3n) is 6.37. The Hall–Kier alpha value is -3.09. The van der Waals surface area contributed by atoms with Gasteiger partial charge in [0.2, 0.25) is 0 Å². The number of carbonyl (C=O) groups excluding carboxylic acids is 1. The Morgan fingerprint density at radius 3 is 2.51 bits per heavy atom. The van der Waals surface area contributed by atoms with Crippen molar-refractivity contribution in [1.82, 2.24) is 9.88 Å². The van der Waals surface area contributed by atoms with E-state index >= 15 is 0 Å². The third kappa shape index (κ3) is 6.39. The number of thiazole rings is 1. The highest BCUT2D eigenvalue weighted by atomic mass is 35.5. The molecule has 1 amide bonds. The highest BCUT2D eigenvalue weighted by molar-refractivity contribution is 7.92. The van der Waals surface area contributed by atoms with Gasteiger partial charge >= 0.3 is 0 Å². The van der Waals surface area contributed by atoms with Crippen molar-refractivity contribution in [3.05, 3.63) is 82.6 Å². The van der Waals surface area contributed by atoms with Crippen LogP contribution in [-0.2, 0) is 14.8 Å². The van der Waals surface area contributed by atoms with Gasteiger partial charge in [0.1, 0.15) is 5.82 Å². The molecule has 39 heavy (non-hydrogen) atoms. The average Bonchev–Trinajstić information content (AvgIpc) is 3.34. The van der Waals surface area contributed by atoms with Gasteiger partial charge in [-0.05, 0) is 73.2 Å². The van der Waals surface area contributed by atoms with Gasteiger partial charge in [-0.3, -0.25) is 19.3 Å². The summed E-state index contributed by atoms with van der Waals surface area (Å²) in [6.07, 6.45) is 0. The number of anilines is 2. The van der Waals surface area contributed by atoms with E-state index in [0.717, 1.165) is 41.0 Å². The van der Waals surface area contributed by atoms with Gasteiger partial charge < -0.3 is 4.74 Å². The summed E-state index contributed by atoms with van der Waals surface area (Å²) in [5.74, 6) is -0.777. The molecule has 4 aromatic rings. The first kappa shape index (κ1) is 27.5.